The number of halogens is 1. The zero-order valence-corrected chi connectivity index (χ0v) is 11.0. The van der Waals surface area contributed by atoms with Crippen molar-refractivity contribution in [1.82, 2.24) is 9.97 Å². The number of nitrogens with two attached hydrogens (primary N) is 2. The van der Waals surface area contributed by atoms with Gasteiger partial charge in [-0.1, -0.05) is 12.1 Å². The highest BCUT2D eigenvalue weighted by atomic mass is 19.1. The number of nitrogen functional groups attached to an aromatic ring is 2. The van der Waals surface area contributed by atoms with Crippen LogP contribution in [0.3, 0.4) is 0 Å². The van der Waals surface area contributed by atoms with Crippen molar-refractivity contribution in [3.8, 4) is 0 Å². The number of rotatable bonds is 2. The Hall–Kier alpha value is -3.02. The average molecular weight is 281 g/mol. The number of benzene rings is 2. The van der Waals surface area contributed by atoms with Gasteiger partial charge in [0.1, 0.15) is 11.6 Å². The minimum atomic E-state index is -0.277. The second-order valence-corrected chi connectivity index (χ2v) is 4.48. The van der Waals surface area contributed by atoms with Crippen molar-refractivity contribution in [2.75, 3.05) is 11.5 Å². The van der Waals surface area contributed by atoms with Crippen LogP contribution in [0.2, 0.25) is 0 Å². The normalized spacial score (nSPS) is 11.3. The van der Waals surface area contributed by atoms with Gasteiger partial charge < -0.3 is 11.5 Å². The Kier molecular flexibility index (Phi) is 3.19. The fraction of sp³-hybridized carbons (Fsp3) is 0. The predicted octanol–water partition coefficient (Wildman–Crippen LogP) is 2.68. The summed E-state index contributed by atoms with van der Waals surface area (Å²) in [6, 6.07) is 11.4. The van der Waals surface area contributed by atoms with Crippen molar-refractivity contribution >= 4 is 34.6 Å². The van der Waals surface area contributed by atoms with Gasteiger partial charge in [-0.25, -0.2) is 9.37 Å². The quantitative estimate of drug-likeness (QED) is 0.706. The minimum Gasteiger partial charge on any atom is -0.383 e. The van der Waals surface area contributed by atoms with Crippen LogP contribution in [-0.4, -0.2) is 16.2 Å². The number of aromatic nitrogens is 2. The Morgan fingerprint density at radius 2 is 1.76 bits per heavy atom. The van der Waals surface area contributed by atoms with Gasteiger partial charge in [-0.15, -0.1) is 0 Å². The zero-order valence-electron chi connectivity index (χ0n) is 11.0. The van der Waals surface area contributed by atoms with E-state index in [0.29, 0.717) is 22.4 Å². The Morgan fingerprint density at radius 1 is 1.00 bits per heavy atom. The third kappa shape index (κ3) is 2.79. The number of nitrogens with zero attached hydrogens (tertiary/aromatic N) is 3. The Morgan fingerprint density at radius 3 is 2.52 bits per heavy atom. The molecule has 0 saturated heterocycles. The van der Waals surface area contributed by atoms with Crippen LogP contribution < -0.4 is 11.5 Å². The van der Waals surface area contributed by atoms with Crippen molar-refractivity contribution in [3.63, 3.8) is 0 Å². The molecular weight excluding hydrogens is 269 g/mol. The summed E-state index contributed by atoms with van der Waals surface area (Å²) in [6.07, 6.45) is 1.65. The van der Waals surface area contributed by atoms with E-state index in [-0.39, 0.29) is 11.8 Å². The topological polar surface area (TPSA) is 90.2 Å². The molecule has 21 heavy (non-hydrogen) atoms. The van der Waals surface area contributed by atoms with Crippen LogP contribution >= 0.6 is 0 Å². The smallest absolute Gasteiger partial charge is 0.222 e. The fourth-order valence-electron chi connectivity index (χ4n) is 1.94. The van der Waals surface area contributed by atoms with Gasteiger partial charge in [-0.05, 0) is 35.9 Å². The van der Waals surface area contributed by atoms with E-state index >= 15 is 0 Å². The first-order chi connectivity index (χ1) is 10.1. The number of anilines is 2. The summed E-state index contributed by atoms with van der Waals surface area (Å²) in [7, 11) is 0. The molecule has 0 amide bonds. The second kappa shape index (κ2) is 5.16. The van der Waals surface area contributed by atoms with Crippen molar-refractivity contribution < 1.29 is 4.39 Å². The summed E-state index contributed by atoms with van der Waals surface area (Å²) in [5.74, 6) is 0.180. The maximum absolute atomic E-state index is 12.8. The van der Waals surface area contributed by atoms with Gasteiger partial charge in [0.25, 0.3) is 0 Å². The SMILES string of the molecule is Nc1nc(N)c2cc(N=Cc3ccc(F)cc3)ccc2n1. The first kappa shape index (κ1) is 13.0. The Labute approximate surface area is 120 Å². The molecule has 3 aromatic rings. The molecule has 6 heteroatoms. The van der Waals surface area contributed by atoms with Crippen molar-refractivity contribution in [2.45, 2.75) is 0 Å². The lowest BCUT2D eigenvalue weighted by Gasteiger charge is -2.03. The lowest BCUT2D eigenvalue weighted by atomic mass is 10.2. The maximum Gasteiger partial charge on any atom is 0.222 e. The largest absolute Gasteiger partial charge is 0.383 e. The van der Waals surface area contributed by atoms with Gasteiger partial charge in [0, 0.05) is 11.6 Å². The Bertz CT molecular complexity index is 827. The molecule has 5 nitrogen and oxygen atoms in total. The third-order valence-electron chi connectivity index (χ3n) is 2.96. The molecule has 0 fully saturated rings. The molecule has 0 atom stereocenters. The predicted molar refractivity (Wildman–Crippen MR) is 82.0 cm³/mol. The van der Waals surface area contributed by atoms with E-state index in [1.165, 1.54) is 12.1 Å². The molecule has 1 aromatic heterocycles. The molecule has 0 radical (unpaired) electrons. The number of aliphatic imine (C=N–C) groups is 1. The van der Waals surface area contributed by atoms with E-state index in [0.717, 1.165) is 5.56 Å². The molecule has 3 rings (SSSR count). The van der Waals surface area contributed by atoms with Gasteiger partial charge in [-0.2, -0.15) is 4.98 Å². The number of hydrogen-bond acceptors (Lipinski definition) is 5. The van der Waals surface area contributed by atoms with Crippen LogP contribution in [0, 0.1) is 5.82 Å². The minimum absolute atomic E-state index is 0.141. The summed E-state index contributed by atoms with van der Waals surface area (Å²) in [5, 5.41) is 0.693. The molecule has 0 bridgehead atoms. The molecule has 0 aliphatic heterocycles. The van der Waals surface area contributed by atoms with E-state index < -0.39 is 0 Å². The molecule has 4 N–H and O–H groups in total. The standard InChI is InChI=1S/C15H12FN5/c16-10-3-1-9(2-4-10)8-19-11-5-6-13-12(7-11)14(17)21-15(18)20-13/h1-8H,(H4,17,18,20,21). The van der Waals surface area contributed by atoms with Crippen LogP contribution in [0.1, 0.15) is 5.56 Å². The summed E-state index contributed by atoms with van der Waals surface area (Å²) in [5.41, 5.74) is 13.5. The molecule has 0 unspecified atom stereocenters. The molecule has 104 valence electrons. The van der Waals surface area contributed by atoms with Gasteiger partial charge in [0.2, 0.25) is 5.95 Å². The second-order valence-electron chi connectivity index (χ2n) is 4.48. The first-order valence-electron chi connectivity index (χ1n) is 6.24. The molecule has 0 aliphatic carbocycles. The molecular formula is C15H12FN5. The number of hydrogen-bond donors (Lipinski definition) is 2. The van der Waals surface area contributed by atoms with Crippen molar-refractivity contribution in [3.05, 3.63) is 53.8 Å². The van der Waals surface area contributed by atoms with Crippen molar-refractivity contribution in [1.29, 1.82) is 0 Å². The molecule has 0 saturated carbocycles. The van der Waals surface area contributed by atoms with E-state index in [4.69, 9.17) is 11.5 Å². The van der Waals surface area contributed by atoms with Crippen LogP contribution in [0.25, 0.3) is 10.9 Å². The number of fused-ring (bicyclic) bond motifs is 1. The Balaban J connectivity index is 1.96. The zero-order chi connectivity index (χ0) is 14.8. The van der Waals surface area contributed by atoms with Gasteiger partial charge >= 0.3 is 0 Å². The summed E-state index contributed by atoms with van der Waals surface area (Å²) >= 11 is 0. The molecule has 0 aliphatic rings. The van der Waals surface area contributed by atoms with Crippen LogP contribution in [0.15, 0.2) is 47.5 Å². The van der Waals surface area contributed by atoms with E-state index in [1.807, 2.05) is 0 Å². The highest BCUT2D eigenvalue weighted by Crippen LogP contribution is 2.24. The third-order valence-corrected chi connectivity index (χ3v) is 2.96. The highest BCUT2D eigenvalue weighted by Gasteiger charge is 2.03. The molecule has 0 spiro atoms. The van der Waals surface area contributed by atoms with Gasteiger partial charge in [0.05, 0.1) is 11.2 Å². The molecule has 2 aromatic carbocycles. The lowest BCUT2D eigenvalue weighted by molar-refractivity contribution is 0.628. The highest BCUT2D eigenvalue weighted by molar-refractivity contribution is 5.92. The lowest BCUT2D eigenvalue weighted by Crippen LogP contribution is -2.00. The van der Waals surface area contributed by atoms with E-state index in [9.17, 15) is 4.39 Å². The summed E-state index contributed by atoms with van der Waals surface area (Å²) in [6.45, 7) is 0. The van der Waals surface area contributed by atoms with E-state index in [2.05, 4.69) is 15.0 Å². The summed E-state index contributed by atoms with van der Waals surface area (Å²) < 4.78 is 12.8. The maximum atomic E-state index is 12.8. The summed E-state index contributed by atoms with van der Waals surface area (Å²) in [4.78, 5) is 12.4. The van der Waals surface area contributed by atoms with Crippen LogP contribution in [0.4, 0.5) is 21.8 Å². The van der Waals surface area contributed by atoms with Crippen LogP contribution in [-0.2, 0) is 0 Å². The van der Waals surface area contributed by atoms with E-state index in [1.54, 1.807) is 36.5 Å². The monoisotopic (exact) mass is 281 g/mol. The molecule has 1 heterocycles. The first-order valence-corrected chi connectivity index (χ1v) is 6.24. The fourth-order valence-corrected chi connectivity index (χ4v) is 1.94. The average Bonchev–Trinajstić information content (AvgIpc) is 2.47. The van der Waals surface area contributed by atoms with Crippen LogP contribution in [0.5, 0.6) is 0 Å². The van der Waals surface area contributed by atoms with Gasteiger partial charge in [-0.3, -0.25) is 4.99 Å². The van der Waals surface area contributed by atoms with Gasteiger partial charge in [0.15, 0.2) is 0 Å². The van der Waals surface area contributed by atoms with Crippen molar-refractivity contribution in [2.24, 2.45) is 4.99 Å².